The van der Waals surface area contributed by atoms with Crippen LogP contribution in [0, 0.1) is 0 Å². The minimum absolute atomic E-state index is 0.0988. The molecule has 4 nitrogen and oxygen atoms in total. The second-order valence-corrected chi connectivity index (χ2v) is 6.20. The van der Waals surface area contributed by atoms with E-state index >= 15 is 0 Å². The summed E-state index contributed by atoms with van der Waals surface area (Å²) in [5.74, 6) is -0.0988. The van der Waals surface area contributed by atoms with Gasteiger partial charge in [-0.25, -0.2) is 4.98 Å². The molecule has 1 aromatic heterocycles. The standard InChI is InChI=1S/C18H18ClN3O/c1-22(2)9-8-20-18(23)15-5-3-4-12-10-13-11-14(19)6-7-16(13)21-17(12)15/h3-7,10-11H,8-9H2,1-2H3,(H,20,23). The molecule has 0 aliphatic carbocycles. The van der Waals surface area contributed by atoms with Gasteiger partial charge >= 0.3 is 0 Å². The van der Waals surface area contributed by atoms with Gasteiger partial charge in [0.15, 0.2) is 0 Å². The van der Waals surface area contributed by atoms with Crippen molar-refractivity contribution >= 4 is 39.3 Å². The maximum atomic E-state index is 12.4. The third-order valence-electron chi connectivity index (χ3n) is 3.69. The van der Waals surface area contributed by atoms with Crippen LogP contribution < -0.4 is 5.32 Å². The number of carbonyl (C=O) groups is 1. The Kier molecular flexibility index (Phi) is 4.46. The lowest BCUT2D eigenvalue weighted by atomic mass is 10.1. The van der Waals surface area contributed by atoms with Crippen LogP contribution in [-0.4, -0.2) is 43.0 Å². The molecule has 5 heteroatoms. The molecule has 0 atom stereocenters. The highest BCUT2D eigenvalue weighted by Gasteiger charge is 2.12. The van der Waals surface area contributed by atoms with E-state index in [2.05, 4.69) is 10.3 Å². The second-order valence-electron chi connectivity index (χ2n) is 5.76. The van der Waals surface area contributed by atoms with E-state index in [1.807, 2.05) is 61.5 Å². The highest BCUT2D eigenvalue weighted by molar-refractivity contribution is 6.31. The highest BCUT2D eigenvalue weighted by atomic mass is 35.5. The fraction of sp³-hybridized carbons (Fsp3) is 0.222. The zero-order valence-electron chi connectivity index (χ0n) is 13.1. The molecule has 0 fully saturated rings. The smallest absolute Gasteiger partial charge is 0.253 e. The Labute approximate surface area is 140 Å². The van der Waals surface area contributed by atoms with Gasteiger partial charge < -0.3 is 10.2 Å². The minimum atomic E-state index is -0.0988. The zero-order valence-corrected chi connectivity index (χ0v) is 13.9. The van der Waals surface area contributed by atoms with Crippen molar-refractivity contribution in [3.63, 3.8) is 0 Å². The van der Waals surface area contributed by atoms with Crippen LogP contribution in [0.5, 0.6) is 0 Å². The fourth-order valence-electron chi connectivity index (χ4n) is 2.50. The predicted octanol–water partition coefficient (Wildman–Crippen LogP) is 3.33. The number of fused-ring (bicyclic) bond motifs is 2. The summed E-state index contributed by atoms with van der Waals surface area (Å²) in [4.78, 5) is 19.1. The third-order valence-corrected chi connectivity index (χ3v) is 3.92. The number of benzene rings is 2. The number of pyridine rings is 1. The summed E-state index contributed by atoms with van der Waals surface area (Å²) in [6, 6.07) is 13.2. The lowest BCUT2D eigenvalue weighted by molar-refractivity contribution is 0.0952. The number of likely N-dealkylation sites (N-methyl/N-ethyl adjacent to an activating group) is 1. The van der Waals surface area contributed by atoms with Crippen molar-refractivity contribution in [1.29, 1.82) is 0 Å². The number of amides is 1. The molecule has 3 rings (SSSR count). The number of nitrogens with one attached hydrogen (secondary N) is 1. The Hall–Kier alpha value is -2.17. The average molecular weight is 328 g/mol. The largest absolute Gasteiger partial charge is 0.351 e. The van der Waals surface area contributed by atoms with Crippen LogP contribution in [-0.2, 0) is 0 Å². The highest BCUT2D eigenvalue weighted by Crippen LogP contribution is 2.24. The van der Waals surface area contributed by atoms with E-state index in [1.165, 1.54) is 0 Å². The number of carbonyl (C=O) groups excluding carboxylic acids is 1. The van der Waals surface area contributed by atoms with Gasteiger partial charge in [-0.3, -0.25) is 4.79 Å². The number of hydrogen-bond acceptors (Lipinski definition) is 3. The van der Waals surface area contributed by atoms with Gasteiger partial charge in [-0.15, -0.1) is 0 Å². The van der Waals surface area contributed by atoms with Crippen LogP contribution in [0.25, 0.3) is 21.8 Å². The molecule has 0 spiro atoms. The summed E-state index contributed by atoms with van der Waals surface area (Å²) in [6.45, 7) is 1.40. The predicted molar refractivity (Wildman–Crippen MR) is 95.1 cm³/mol. The van der Waals surface area contributed by atoms with E-state index in [9.17, 15) is 4.79 Å². The summed E-state index contributed by atoms with van der Waals surface area (Å²) in [5, 5.41) is 5.51. The Balaban J connectivity index is 2.00. The molecule has 0 saturated heterocycles. The normalized spacial score (nSPS) is 11.3. The monoisotopic (exact) mass is 327 g/mol. The van der Waals surface area contributed by atoms with Gasteiger partial charge in [0.1, 0.15) is 0 Å². The molecule has 3 aromatic rings. The topological polar surface area (TPSA) is 45.2 Å². The fourth-order valence-corrected chi connectivity index (χ4v) is 2.69. The molecule has 0 bridgehead atoms. The lowest BCUT2D eigenvalue weighted by Crippen LogP contribution is -2.31. The van der Waals surface area contributed by atoms with Gasteiger partial charge in [0.05, 0.1) is 16.6 Å². The Bertz CT molecular complexity index is 877. The first kappa shape index (κ1) is 15.7. The van der Waals surface area contributed by atoms with Crippen molar-refractivity contribution < 1.29 is 4.79 Å². The molecular weight excluding hydrogens is 310 g/mol. The molecule has 0 saturated carbocycles. The van der Waals surface area contributed by atoms with E-state index in [0.717, 1.165) is 22.8 Å². The van der Waals surface area contributed by atoms with Gasteiger partial charge in [-0.2, -0.15) is 0 Å². The van der Waals surface area contributed by atoms with E-state index in [4.69, 9.17) is 11.6 Å². The van der Waals surface area contributed by atoms with Gasteiger partial charge in [-0.05, 0) is 44.4 Å². The second kappa shape index (κ2) is 6.52. The molecule has 2 aromatic carbocycles. The molecule has 0 aliphatic heterocycles. The Morgan fingerprint density at radius 3 is 2.78 bits per heavy atom. The Morgan fingerprint density at radius 2 is 2.00 bits per heavy atom. The van der Waals surface area contributed by atoms with E-state index in [-0.39, 0.29) is 5.91 Å². The first-order chi connectivity index (χ1) is 11.0. The van der Waals surface area contributed by atoms with Gasteiger partial charge in [0.25, 0.3) is 5.91 Å². The molecule has 23 heavy (non-hydrogen) atoms. The van der Waals surface area contributed by atoms with Gasteiger partial charge in [-0.1, -0.05) is 23.7 Å². The lowest BCUT2D eigenvalue weighted by Gasteiger charge is -2.11. The van der Waals surface area contributed by atoms with Crippen LogP contribution in [0.15, 0.2) is 42.5 Å². The summed E-state index contributed by atoms with van der Waals surface area (Å²) < 4.78 is 0. The van der Waals surface area contributed by atoms with Crippen LogP contribution >= 0.6 is 11.6 Å². The first-order valence-corrected chi connectivity index (χ1v) is 7.84. The van der Waals surface area contributed by atoms with Crippen LogP contribution in [0.3, 0.4) is 0 Å². The van der Waals surface area contributed by atoms with Crippen LogP contribution in [0.1, 0.15) is 10.4 Å². The molecular formula is C18H18ClN3O. The number of halogens is 1. The summed E-state index contributed by atoms with van der Waals surface area (Å²) in [7, 11) is 3.95. The third kappa shape index (κ3) is 3.44. The van der Waals surface area contributed by atoms with E-state index < -0.39 is 0 Å². The number of para-hydroxylation sites is 1. The molecule has 0 radical (unpaired) electrons. The zero-order chi connectivity index (χ0) is 16.4. The van der Waals surface area contributed by atoms with Crippen LogP contribution in [0.2, 0.25) is 5.02 Å². The molecule has 118 valence electrons. The van der Waals surface area contributed by atoms with Crippen molar-refractivity contribution in [2.24, 2.45) is 0 Å². The molecule has 1 amide bonds. The van der Waals surface area contributed by atoms with E-state index in [1.54, 1.807) is 0 Å². The first-order valence-electron chi connectivity index (χ1n) is 7.46. The molecule has 0 unspecified atom stereocenters. The van der Waals surface area contributed by atoms with Gasteiger partial charge in [0, 0.05) is 28.9 Å². The van der Waals surface area contributed by atoms with E-state index in [0.29, 0.717) is 22.6 Å². The Morgan fingerprint density at radius 1 is 1.17 bits per heavy atom. The maximum absolute atomic E-state index is 12.4. The number of aromatic nitrogens is 1. The molecule has 1 N–H and O–H groups in total. The number of nitrogens with zero attached hydrogens (tertiary/aromatic N) is 2. The minimum Gasteiger partial charge on any atom is -0.351 e. The van der Waals surface area contributed by atoms with Crippen molar-refractivity contribution in [1.82, 2.24) is 15.2 Å². The molecule has 1 heterocycles. The van der Waals surface area contributed by atoms with Crippen LogP contribution in [0.4, 0.5) is 0 Å². The summed E-state index contributed by atoms with van der Waals surface area (Å²) >= 11 is 6.04. The number of rotatable bonds is 4. The maximum Gasteiger partial charge on any atom is 0.253 e. The average Bonchev–Trinajstić information content (AvgIpc) is 2.51. The van der Waals surface area contributed by atoms with Crippen molar-refractivity contribution in [3.8, 4) is 0 Å². The number of hydrogen-bond donors (Lipinski definition) is 1. The summed E-state index contributed by atoms with van der Waals surface area (Å²) in [6.07, 6.45) is 0. The quantitative estimate of drug-likeness (QED) is 0.748. The van der Waals surface area contributed by atoms with Crippen molar-refractivity contribution in [3.05, 3.63) is 53.1 Å². The van der Waals surface area contributed by atoms with Crippen molar-refractivity contribution in [2.45, 2.75) is 0 Å². The van der Waals surface area contributed by atoms with Gasteiger partial charge in [0.2, 0.25) is 0 Å². The SMILES string of the molecule is CN(C)CCNC(=O)c1cccc2cc3cc(Cl)ccc3nc12. The van der Waals surface area contributed by atoms with Crippen molar-refractivity contribution in [2.75, 3.05) is 27.2 Å². The summed E-state index contributed by atoms with van der Waals surface area (Å²) in [5.41, 5.74) is 2.14. The molecule has 0 aliphatic rings.